The van der Waals surface area contributed by atoms with Gasteiger partial charge in [0.25, 0.3) is 15.9 Å². The van der Waals surface area contributed by atoms with Crippen LogP contribution in [0.4, 0.5) is 5.69 Å². The molecule has 4 rings (SSSR count). The number of benzene rings is 3. The summed E-state index contributed by atoms with van der Waals surface area (Å²) in [4.78, 5) is 17.8. The van der Waals surface area contributed by atoms with E-state index < -0.39 is 22.0 Å². The Kier molecular flexibility index (Phi) is 5.77. The highest BCUT2D eigenvalue weighted by Crippen LogP contribution is 2.28. The van der Waals surface area contributed by atoms with E-state index in [9.17, 15) is 18.3 Å². The van der Waals surface area contributed by atoms with Crippen LogP contribution in [0, 0.1) is 0 Å². The van der Waals surface area contributed by atoms with E-state index in [2.05, 4.69) is 4.98 Å². The third-order valence-corrected chi connectivity index (χ3v) is 7.22. The first-order chi connectivity index (χ1) is 15.2. The van der Waals surface area contributed by atoms with E-state index in [4.69, 9.17) is 11.6 Å². The smallest absolute Gasteiger partial charge is 0.265 e. The number of rotatable bonds is 5. The second-order valence-electron chi connectivity index (χ2n) is 7.22. The van der Waals surface area contributed by atoms with E-state index >= 15 is 0 Å². The lowest BCUT2D eigenvalue weighted by atomic mass is 10.2. The maximum absolute atomic E-state index is 13.5. The molecule has 4 aromatic rings. The summed E-state index contributed by atoms with van der Waals surface area (Å²) in [6.45, 7) is 1.50. The van der Waals surface area contributed by atoms with Gasteiger partial charge < -0.3 is 5.11 Å². The van der Waals surface area contributed by atoms with Crippen molar-refractivity contribution in [1.82, 2.24) is 9.55 Å². The Balaban J connectivity index is 1.83. The number of aliphatic hydroxyl groups excluding tert-OH is 1. The molecule has 9 heteroatoms. The first-order valence-corrected chi connectivity index (χ1v) is 11.6. The molecule has 0 spiro atoms. The second-order valence-corrected chi connectivity index (χ2v) is 9.60. The lowest BCUT2D eigenvalue weighted by Crippen LogP contribution is -2.27. The topological polar surface area (TPSA) is 92.5 Å². The Hall–Kier alpha value is -3.20. The fourth-order valence-electron chi connectivity index (χ4n) is 3.42. The van der Waals surface area contributed by atoms with Crippen molar-refractivity contribution >= 4 is 44.3 Å². The largest absolute Gasteiger partial charge is 0.385 e. The van der Waals surface area contributed by atoms with Gasteiger partial charge in [0, 0.05) is 7.05 Å². The molecule has 0 amide bonds. The summed E-state index contributed by atoms with van der Waals surface area (Å²) in [6.07, 6.45) is -1.03. The number of sulfonamides is 1. The summed E-state index contributed by atoms with van der Waals surface area (Å²) in [5.74, 6) is -0.444. The van der Waals surface area contributed by atoms with E-state index in [1.165, 1.54) is 36.7 Å². The Morgan fingerprint density at radius 1 is 1.06 bits per heavy atom. The minimum atomic E-state index is -3.95. The molecule has 0 saturated heterocycles. The van der Waals surface area contributed by atoms with Gasteiger partial charge in [0.2, 0.25) is 0 Å². The molecule has 0 bridgehead atoms. The van der Waals surface area contributed by atoms with Crippen LogP contribution in [0.2, 0.25) is 5.02 Å². The fourth-order valence-corrected chi connectivity index (χ4v) is 4.84. The highest BCUT2D eigenvalue weighted by molar-refractivity contribution is 7.92. The molecule has 0 fully saturated rings. The lowest BCUT2D eigenvalue weighted by Gasteiger charge is -2.20. The standard InChI is InChI=1S/C23H20ClN3O4S/c1-15(28)22-25-20-10-6-7-11-21(20)27(22)23(29)18-14-17(12-13-19(18)24)32(30,31)26(2)16-8-4-3-5-9-16/h3-15,28H,1-2H3/t15-/m1/s1. The monoisotopic (exact) mass is 469 g/mol. The first-order valence-electron chi connectivity index (χ1n) is 9.75. The molecule has 0 saturated carbocycles. The number of aromatic nitrogens is 2. The Bertz CT molecular complexity index is 1420. The van der Waals surface area contributed by atoms with Crippen molar-refractivity contribution in [1.29, 1.82) is 0 Å². The quantitative estimate of drug-likeness (QED) is 0.471. The van der Waals surface area contributed by atoms with Gasteiger partial charge in [0.15, 0.2) is 0 Å². The van der Waals surface area contributed by atoms with Crippen molar-refractivity contribution in [3.63, 3.8) is 0 Å². The average molecular weight is 470 g/mol. The van der Waals surface area contributed by atoms with Crippen molar-refractivity contribution in [2.24, 2.45) is 0 Å². The van der Waals surface area contributed by atoms with Gasteiger partial charge in [-0.1, -0.05) is 41.9 Å². The molecule has 0 aliphatic carbocycles. The van der Waals surface area contributed by atoms with Crippen LogP contribution in [0.5, 0.6) is 0 Å². The molecule has 0 aliphatic heterocycles. The molecule has 1 N–H and O–H groups in total. The van der Waals surface area contributed by atoms with Gasteiger partial charge in [-0.15, -0.1) is 0 Å². The molecule has 0 radical (unpaired) electrons. The Morgan fingerprint density at radius 3 is 2.41 bits per heavy atom. The minimum Gasteiger partial charge on any atom is -0.385 e. The molecule has 0 unspecified atom stereocenters. The first kappa shape index (κ1) is 22.0. The number of para-hydroxylation sites is 3. The minimum absolute atomic E-state index is 0.0146. The molecule has 3 aromatic carbocycles. The van der Waals surface area contributed by atoms with Crippen LogP contribution in [0.15, 0.2) is 77.7 Å². The molecule has 0 aliphatic rings. The molecular formula is C23H20ClN3O4S. The van der Waals surface area contributed by atoms with Gasteiger partial charge in [-0.05, 0) is 49.4 Å². The summed E-state index contributed by atoms with van der Waals surface area (Å²) < 4.78 is 28.8. The fraction of sp³-hybridized carbons (Fsp3) is 0.130. The van der Waals surface area contributed by atoms with E-state index in [0.29, 0.717) is 16.7 Å². The Labute approximate surface area is 190 Å². The molecular weight excluding hydrogens is 450 g/mol. The lowest BCUT2D eigenvalue weighted by molar-refractivity contribution is 0.0943. The number of nitrogens with zero attached hydrogens (tertiary/aromatic N) is 3. The van der Waals surface area contributed by atoms with Gasteiger partial charge in [-0.2, -0.15) is 0 Å². The summed E-state index contributed by atoms with van der Waals surface area (Å²) in [5, 5.41) is 10.3. The van der Waals surface area contributed by atoms with Crippen LogP contribution in [-0.4, -0.2) is 36.0 Å². The number of hydrogen-bond donors (Lipinski definition) is 1. The van der Waals surface area contributed by atoms with E-state index in [0.717, 1.165) is 4.31 Å². The number of fused-ring (bicyclic) bond motifs is 1. The van der Waals surface area contributed by atoms with Crippen molar-refractivity contribution in [3.05, 3.63) is 89.2 Å². The molecule has 7 nitrogen and oxygen atoms in total. The van der Waals surface area contributed by atoms with Crippen molar-refractivity contribution in [3.8, 4) is 0 Å². The van der Waals surface area contributed by atoms with Crippen LogP contribution < -0.4 is 4.31 Å². The van der Waals surface area contributed by atoms with Gasteiger partial charge in [-0.25, -0.2) is 13.4 Å². The molecule has 1 heterocycles. The van der Waals surface area contributed by atoms with E-state index in [1.54, 1.807) is 54.6 Å². The number of imidazole rings is 1. The van der Waals surface area contributed by atoms with Gasteiger partial charge >= 0.3 is 0 Å². The predicted octanol–water partition coefficient (Wildman–Crippen LogP) is 4.26. The molecule has 1 atom stereocenters. The van der Waals surface area contributed by atoms with Crippen LogP contribution >= 0.6 is 11.6 Å². The van der Waals surface area contributed by atoms with E-state index in [-0.39, 0.29) is 21.3 Å². The van der Waals surface area contributed by atoms with Crippen molar-refractivity contribution < 1.29 is 18.3 Å². The van der Waals surface area contributed by atoms with Crippen molar-refractivity contribution in [2.45, 2.75) is 17.9 Å². The number of hydrogen-bond acceptors (Lipinski definition) is 5. The molecule has 1 aromatic heterocycles. The summed E-state index contributed by atoms with van der Waals surface area (Å²) in [6, 6.07) is 19.5. The highest BCUT2D eigenvalue weighted by Gasteiger charge is 2.26. The predicted molar refractivity (Wildman–Crippen MR) is 124 cm³/mol. The highest BCUT2D eigenvalue weighted by atomic mass is 35.5. The third kappa shape index (κ3) is 3.77. The summed E-state index contributed by atoms with van der Waals surface area (Å²) >= 11 is 6.31. The number of carbonyl (C=O) groups excluding carboxylic acids is 1. The molecule has 32 heavy (non-hydrogen) atoms. The van der Waals surface area contributed by atoms with Crippen LogP contribution in [0.3, 0.4) is 0 Å². The molecule has 164 valence electrons. The van der Waals surface area contributed by atoms with Gasteiger partial charge in [0.1, 0.15) is 11.9 Å². The Morgan fingerprint density at radius 2 is 1.72 bits per heavy atom. The van der Waals surface area contributed by atoms with E-state index in [1.807, 2.05) is 0 Å². The summed E-state index contributed by atoms with van der Waals surface area (Å²) in [7, 11) is -2.51. The summed E-state index contributed by atoms with van der Waals surface area (Å²) in [5.41, 5.74) is 1.48. The number of anilines is 1. The number of aliphatic hydroxyl groups is 1. The second kappa shape index (κ2) is 8.38. The average Bonchev–Trinajstić information content (AvgIpc) is 3.19. The number of halogens is 1. The van der Waals surface area contributed by atoms with Gasteiger partial charge in [-0.3, -0.25) is 13.7 Å². The maximum atomic E-state index is 13.5. The van der Waals surface area contributed by atoms with Gasteiger partial charge in [0.05, 0.1) is 32.2 Å². The third-order valence-electron chi connectivity index (χ3n) is 5.11. The normalized spacial score (nSPS) is 12.6. The zero-order valence-corrected chi connectivity index (χ0v) is 18.9. The van der Waals surface area contributed by atoms with Crippen LogP contribution in [-0.2, 0) is 10.0 Å². The van der Waals surface area contributed by atoms with Crippen LogP contribution in [0.1, 0.15) is 29.2 Å². The SMILES string of the molecule is C[C@@H](O)c1nc2ccccc2n1C(=O)c1cc(S(=O)(=O)N(C)c2ccccc2)ccc1Cl. The zero-order valence-electron chi connectivity index (χ0n) is 17.3. The van der Waals surface area contributed by atoms with Crippen LogP contribution in [0.25, 0.3) is 11.0 Å². The zero-order chi connectivity index (χ0) is 23.0. The van der Waals surface area contributed by atoms with Crippen molar-refractivity contribution in [2.75, 3.05) is 11.4 Å². The number of carbonyl (C=O) groups is 1. The maximum Gasteiger partial charge on any atom is 0.265 e.